The minimum atomic E-state index is -0.194. The summed E-state index contributed by atoms with van der Waals surface area (Å²) >= 11 is 1.56. The maximum absolute atomic E-state index is 12.3. The Kier molecular flexibility index (Phi) is 3.35. The van der Waals surface area contributed by atoms with Gasteiger partial charge in [-0.05, 0) is 29.7 Å². The molecule has 0 spiro atoms. The first-order valence-electron chi connectivity index (χ1n) is 6.16. The third kappa shape index (κ3) is 2.48. The van der Waals surface area contributed by atoms with E-state index in [4.69, 9.17) is 0 Å². The molecule has 4 nitrogen and oxygen atoms in total. The number of hydrogen-bond acceptors (Lipinski definition) is 3. The number of para-hydroxylation sites is 2. The fraction of sp³-hybridized carbons (Fsp3) is 0.0667. The molecule has 0 atom stereocenters. The molecule has 100 valence electrons. The fourth-order valence-corrected chi connectivity index (χ4v) is 2.68. The van der Waals surface area contributed by atoms with E-state index < -0.39 is 0 Å². The highest BCUT2D eigenvalue weighted by atomic mass is 32.1. The number of fused-ring (bicyclic) bond motifs is 1. The number of nitrogens with one attached hydrogen (secondary N) is 1. The molecule has 0 aliphatic carbocycles. The molecule has 0 bridgehead atoms. The zero-order chi connectivity index (χ0) is 13.9. The van der Waals surface area contributed by atoms with Gasteiger partial charge < -0.3 is 5.32 Å². The van der Waals surface area contributed by atoms with Gasteiger partial charge in [0.05, 0.1) is 11.4 Å². The van der Waals surface area contributed by atoms with Crippen LogP contribution in [0.1, 0.15) is 4.88 Å². The van der Waals surface area contributed by atoms with Gasteiger partial charge in [0.25, 0.3) is 5.91 Å². The second kappa shape index (κ2) is 5.30. The molecule has 3 rings (SSSR count). The van der Waals surface area contributed by atoms with Crippen LogP contribution in [0.5, 0.6) is 0 Å². The van der Waals surface area contributed by atoms with Crippen molar-refractivity contribution in [1.82, 2.24) is 0 Å². The fourth-order valence-electron chi connectivity index (χ4n) is 2.06. The second-order valence-corrected chi connectivity index (χ2v) is 5.32. The molecule has 0 unspecified atom stereocenters. The van der Waals surface area contributed by atoms with Gasteiger partial charge in [-0.2, -0.15) is 0 Å². The lowest BCUT2D eigenvalue weighted by atomic mass is 10.2. The van der Waals surface area contributed by atoms with Gasteiger partial charge in [0.2, 0.25) is 5.91 Å². The van der Waals surface area contributed by atoms with Gasteiger partial charge >= 0.3 is 0 Å². The normalized spacial score (nSPS) is 14.2. The Morgan fingerprint density at radius 3 is 2.90 bits per heavy atom. The van der Waals surface area contributed by atoms with Crippen LogP contribution in [0, 0.1) is 0 Å². The number of hydrogen-bond donors (Lipinski definition) is 1. The lowest BCUT2D eigenvalue weighted by Crippen LogP contribution is -2.41. The summed E-state index contributed by atoms with van der Waals surface area (Å²) < 4.78 is 0. The van der Waals surface area contributed by atoms with Crippen LogP contribution in [0.15, 0.2) is 47.9 Å². The summed E-state index contributed by atoms with van der Waals surface area (Å²) in [7, 11) is 0. The third-order valence-corrected chi connectivity index (χ3v) is 3.81. The molecular weight excluding hydrogens is 272 g/mol. The Balaban J connectivity index is 1.86. The minimum Gasteiger partial charge on any atom is -0.323 e. The Hall–Kier alpha value is -2.40. The number of benzene rings is 1. The van der Waals surface area contributed by atoms with Crippen LogP contribution < -0.4 is 10.2 Å². The van der Waals surface area contributed by atoms with E-state index in [9.17, 15) is 9.59 Å². The molecule has 2 heterocycles. The number of rotatable bonds is 2. The van der Waals surface area contributed by atoms with Crippen LogP contribution in [-0.4, -0.2) is 18.4 Å². The summed E-state index contributed by atoms with van der Waals surface area (Å²) in [4.78, 5) is 26.4. The van der Waals surface area contributed by atoms with Crippen molar-refractivity contribution in [1.29, 1.82) is 0 Å². The van der Waals surface area contributed by atoms with Crippen molar-refractivity contribution in [3.8, 4) is 0 Å². The largest absolute Gasteiger partial charge is 0.323 e. The average Bonchev–Trinajstić information content (AvgIpc) is 2.97. The molecule has 1 aromatic carbocycles. The third-order valence-electron chi connectivity index (χ3n) is 2.97. The van der Waals surface area contributed by atoms with E-state index >= 15 is 0 Å². The van der Waals surface area contributed by atoms with E-state index in [1.807, 2.05) is 35.7 Å². The van der Waals surface area contributed by atoms with Gasteiger partial charge in [-0.15, -0.1) is 11.3 Å². The van der Waals surface area contributed by atoms with Crippen molar-refractivity contribution in [2.45, 2.75) is 0 Å². The molecule has 1 N–H and O–H groups in total. The van der Waals surface area contributed by atoms with Crippen LogP contribution in [0.3, 0.4) is 0 Å². The standard InChI is InChI=1S/C15H12N2O2S/c18-14-10-17(13-6-2-1-5-12(13)16-14)15(19)8-7-11-4-3-9-20-11/h1-9H,10H2,(H,16,18)/b8-7-. The lowest BCUT2D eigenvalue weighted by Gasteiger charge is -2.28. The molecule has 0 saturated heterocycles. The number of nitrogens with zero attached hydrogens (tertiary/aromatic N) is 1. The molecule has 0 fully saturated rings. The molecule has 2 amide bonds. The molecule has 2 aromatic rings. The summed E-state index contributed by atoms with van der Waals surface area (Å²) in [5, 5.41) is 4.71. The van der Waals surface area contributed by atoms with Gasteiger partial charge in [0.1, 0.15) is 6.54 Å². The highest BCUT2D eigenvalue weighted by Gasteiger charge is 2.24. The zero-order valence-electron chi connectivity index (χ0n) is 10.6. The van der Waals surface area contributed by atoms with Crippen molar-refractivity contribution < 1.29 is 9.59 Å². The SMILES string of the molecule is O=C1CN(C(=O)/C=C\c2cccs2)c2ccccc2N1. The monoisotopic (exact) mass is 284 g/mol. The summed E-state index contributed by atoms with van der Waals surface area (Å²) in [5.41, 5.74) is 1.40. The van der Waals surface area contributed by atoms with Gasteiger partial charge in [0, 0.05) is 11.0 Å². The van der Waals surface area contributed by atoms with Gasteiger partial charge in [-0.1, -0.05) is 18.2 Å². The molecule has 1 aromatic heterocycles. The Morgan fingerprint density at radius 2 is 2.10 bits per heavy atom. The second-order valence-electron chi connectivity index (χ2n) is 4.34. The van der Waals surface area contributed by atoms with Crippen LogP contribution in [0.25, 0.3) is 6.08 Å². The quantitative estimate of drug-likeness (QED) is 0.862. The van der Waals surface area contributed by atoms with E-state index in [0.717, 1.165) is 10.6 Å². The smallest absolute Gasteiger partial charge is 0.251 e. The summed E-state index contributed by atoms with van der Waals surface area (Å²) in [5.74, 6) is -0.373. The van der Waals surface area contributed by atoms with E-state index in [1.165, 1.54) is 11.0 Å². The summed E-state index contributed by atoms with van der Waals surface area (Å²) in [6.45, 7) is 0.0463. The van der Waals surface area contributed by atoms with Crippen molar-refractivity contribution in [3.05, 3.63) is 52.7 Å². The van der Waals surface area contributed by atoms with E-state index in [0.29, 0.717) is 5.69 Å². The molecule has 1 aliphatic heterocycles. The average molecular weight is 284 g/mol. The predicted molar refractivity (Wildman–Crippen MR) is 80.8 cm³/mol. The topological polar surface area (TPSA) is 49.4 Å². The lowest BCUT2D eigenvalue weighted by molar-refractivity contribution is -0.119. The molecule has 5 heteroatoms. The molecule has 20 heavy (non-hydrogen) atoms. The maximum atomic E-state index is 12.3. The minimum absolute atomic E-state index is 0.0463. The first kappa shape index (κ1) is 12.6. The van der Waals surface area contributed by atoms with Crippen molar-refractivity contribution in [2.75, 3.05) is 16.8 Å². The molecule has 0 saturated carbocycles. The van der Waals surface area contributed by atoms with Crippen molar-refractivity contribution >= 4 is 40.6 Å². The predicted octanol–water partition coefficient (Wildman–Crippen LogP) is 2.75. The number of thiophene rings is 1. The van der Waals surface area contributed by atoms with E-state index in [-0.39, 0.29) is 18.4 Å². The van der Waals surface area contributed by atoms with Gasteiger partial charge in [0.15, 0.2) is 0 Å². The van der Waals surface area contributed by atoms with Crippen LogP contribution in [0.2, 0.25) is 0 Å². The van der Waals surface area contributed by atoms with E-state index in [1.54, 1.807) is 23.5 Å². The first-order valence-corrected chi connectivity index (χ1v) is 7.04. The van der Waals surface area contributed by atoms with E-state index in [2.05, 4.69) is 5.32 Å². The highest BCUT2D eigenvalue weighted by molar-refractivity contribution is 7.10. The van der Waals surface area contributed by atoms with Crippen molar-refractivity contribution in [3.63, 3.8) is 0 Å². The summed E-state index contributed by atoms with van der Waals surface area (Å²) in [6.07, 6.45) is 3.27. The maximum Gasteiger partial charge on any atom is 0.251 e. The number of carbonyl (C=O) groups is 2. The molecule has 1 aliphatic rings. The Bertz CT molecular complexity index is 677. The molecular formula is C15H12N2O2S. The van der Waals surface area contributed by atoms with Crippen molar-refractivity contribution in [2.24, 2.45) is 0 Å². The number of amides is 2. The Morgan fingerprint density at radius 1 is 1.25 bits per heavy atom. The van der Waals surface area contributed by atoms with Crippen LogP contribution in [-0.2, 0) is 9.59 Å². The summed E-state index contributed by atoms with van der Waals surface area (Å²) in [6, 6.07) is 11.2. The number of anilines is 2. The highest BCUT2D eigenvalue weighted by Crippen LogP contribution is 2.29. The van der Waals surface area contributed by atoms with Gasteiger partial charge in [-0.3, -0.25) is 14.5 Å². The molecule has 0 radical (unpaired) electrons. The van der Waals surface area contributed by atoms with Crippen LogP contribution in [0.4, 0.5) is 11.4 Å². The Labute approximate surface area is 120 Å². The number of carbonyl (C=O) groups excluding carboxylic acids is 2. The zero-order valence-corrected chi connectivity index (χ0v) is 11.4. The van der Waals surface area contributed by atoms with Gasteiger partial charge in [-0.25, -0.2) is 0 Å². The first-order chi connectivity index (χ1) is 9.74. The van der Waals surface area contributed by atoms with Crippen LogP contribution >= 0.6 is 11.3 Å².